The van der Waals surface area contributed by atoms with Crippen molar-refractivity contribution < 1.29 is 4.79 Å². The van der Waals surface area contributed by atoms with Crippen LogP contribution in [0.5, 0.6) is 0 Å². The van der Waals surface area contributed by atoms with Crippen LogP contribution in [0.15, 0.2) is 18.2 Å². The first-order chi connectivity index (χ1) is 8.25. The van der Waals surface area contributed by atoms with Crippen LogP contribution in [0.2, 0.25) is 0 Å². The molecule has 0 unspecified atom stereocenters. The minimum atomic E-state index is -0.218. The van der Waals surface area contributed by atoms with Crippen molar-refractivity contribution in [1.29, 1.82) is 0 Å². The zero-order valence-corrected chi connectivity index (χ0v) is 10.2. The summed E-state index contributed by atoms with van der Waals surface area (Å²) < 4.78 is 0. The van der Waals surface area contributed by atoms with Crippen LogP contribution in [0.3, 0.4) is 0 Å². The zero-order valence-electron chi connectivity index (χ0n) is 10.2. The van der Waals surface area contributed by atoms with Gasteiger partial charge in [0.1, 0.15) is 0 Å². The van der Waals surface area contributed by atoms with Crippen molar-refractivity contribution in [3.8, 4) is 0 Å². The number of fused-ring (bicyclic) bond motifs is 1. The molecule has 0 atom stereocenters. The van der Waals surface area contributed by atoms with E-state index in [0.29, 0.717) is 6.42 Å². The second kappa shape index (κ2) is 5.82. The third-order valence-corrected chi connectivity index (χ3v) is 3.27. The number of primary amides is 1. The average molecular weight is 232 g/mol. The molecule has 0 fully saturated rings. The lowest BCUT2D eigenvalue weighted by Gasteiger charge is -2.06. The lowest BCUT2D eigenvalue weighted by Crippen LogP contribution is -2.18. The predicted molar refractivity (Wildman–Crippen MR) is 68.6 cm³/mol. The summed E-state index contributed by atoms with van der Waals surface area (Å²) in [5, 5.41) is 3.34. The molecule has 92 valence electrons. The molecule has 0 spiro atoms. The number of nitrogens with two attached hydrogens (primary N) is 1. The van der Waals surface area contributed by atoms with Gasteiger partial charge in [-0.05, 0) is 48.9 Å². The van der Waals surface area contributed by atoms with Gasteiger partial charge in [0.25, 0.3) is 0 Å². The van der Waals surface area contributed by atoms with E-state index >= 15 is 0 Å². The highest BCUT2D eigenvalue weighted by atomic mass is 16.1. The summed E-state index contributed by atoms with van der Waals surface area (Å²) in [7, 11) is 0. The fourth-order valence-electron chi connectivity index (χ4n) is 2.36. The van der Waals surface area contributed by atoms with Crippen LogP contribution in [0.1, 0.15) is 36.0 Å². The van der Waals surface area contributed by atoms with Crippen LogP contribution in [0.4, 0.5) is 0 Å². The standard InChI is InChI=1S/C14H20N2O/c15-14(17)5-2-8-16-10-11-6-7-12-3-1-4-13(12)9-11/h6-7,9,16H,1-5,8,10H2,(H2,15,17). The first kappa shape index (κ1) is 12.1. The number of aryl methyl sites for hydroxylation is 2. The van der Waals surface area contributed by atoms with E-state index in [1.165, 1.54) is 36.0 Å². The molecular formula is C14H20N2O. The van der Waals surface area contributed by atoms with Crippen LogP contribution in [0.25, 0.3) is 0 Å². The van der Waals surface area contributed by atoms with Crippen molar-refractivity contribution >= 4 is 5.91 Å². The molecular weight excluding hydrogens is 212 g/mol. The summed E-state index contributed by atoms with van der Waals surface area (Å²) in [4.78, 5) is 10.6. The lowest BCUT2D eigenvalue weighted by molar-refractivity contribution is -0.118. The molecule has 1 aliphatic rings. The highest BCUT2D eigenvalue weighted by molar-refractivity contribution is 5.73. The van der Waals surface area contributed by atoms with Crippen molar-refractivity contribution in [3.05, 3.63) is 34.9 Å². The number of amides is 1. The Morgan fingerprint density at radius 3 is 2.94 bits per heavy atom. The van der Waals surface area contributed by atoms with E-state index < -0.39 is 0 Å². The molecule has 0 bridgehead atoms. The van der Waals surface area contributed by atoms with E-state index in [0.717, 1.165) is 19.5 Å². The van der Waals surface area contributed by atoms with Crippen molar-refractivity contribution in [2.45, 2.75) is 38.6 Å². The summed E-state index contributed by atoms with van der Waals surface area (Å²) in [6.07, 6.45) is 5.05. The first-order valence-corrected chi connectivity index (χ1v) is 6.35. The monoisotopic (exact) mass is 232 g/mol. The summed E-state index contributed by atoms with van der Waals surface area (Å²) in [6.45, 7) is 1.73. The Morgan fingerprint density at radius 1 is 1.29 bits per heavy atom. The van der Waals surface area contributed by atoms with Gasteiger partial charge in [0.15, 0.2) is 0 Å². The van der Waals surface area contributed by atoms with E-state index in [2.05, 4.69) is 23.5 Å². The van der Waals surface area contributed by atoms with Crippen molar-refractivity contribution in [2.24, 2.45) is 5.73 Å². The minimum Gasteiger partial charge on any atom is -0.370 e. The molecule has 0 heterocycles. The van der Waals surface area contributed by atoms with Crippen molar-refractivity contribution in [2.75, 3.05) is 6.54 Å². The van der Waals surface area contributed by atoms with E-state index in [-0.39, 0.29) is 5.91 Å². The largest absolute Gasteiger partial charge is 0.370 e. The molecule has 1 aliphatic carbocycles. The number of nitrogens with one attached hydrogen (secondary N) is 1. The molecule has 0 aliphatic heterocycles. The second-order valence-electron chi connectivity index (χ2n) is 4.70. The van der Waals surface area contributed by atoms with Gasteiger partial charge >= 0.3 is 0 Å². The number of hydrogen-bond acceptors (Lipinski definition) is 2. The van der Waals surface area contributed by atoms with E-state index in [1.54, 1.807) is 0 Å². The third kappa shape index (κ3) is 3.56. The maximum absolute atomic E-state index is 10.6. The molecule has 2 rings (SSSR count). The maximum Gasteiger partial charge on any atom is 0.217 e. The van der Waals surface area contributed by atoms with Gasteiger partial charge < -0.3 is 11.1 Å². The number of carbonyl (C=O) groups is 1. The molecule has 3 heteroatoms. The Kier molecular flexibility index (Phi) is 4.15. The van der Waals surface area contributed by atoms with Gasteiger partial charge in [-0.2, -0.15) is 0 Å². The highest BCUT2D eigenvalue weighted by Gasteiger charge is 2.10. The molecule has 1 aromatic rings. The van der Waals surface area contributed by atoms with Gasteiger partial charge in [-0.25, -0.2) is 0 Å². The molecule has 0 saturated carbocycles. The zero-order chi connectivity index (χ0) is 12.1. The summed E-state index contributed by atoms with van der Waals surface area (Å²) in [5.74, 6) is -0.218. The van der Waals surface area contributed by atoms with Crippen molar-refractivity contribution in [3.63, 3.8) is 0 Å². The van der Waals surface area contributed by atoms with Crippen molar-refractivity contribution in [1.82, 2.24) is 5.32 Å². The Morgan fingerprint density at radius 2 is 2.12 bits per heavy atom. The Hall–Kier alpha value is -1.35. The topological polar surface area (TPSA) is 55.1 Å². The normalized spacial score (nSPS) is 13.6. The highest BCUT2D eigenvalue weighted by Crippen LogP contribution is 2.22. The van der Waals surface area contributed by atoms with Gasteiger partial charge in [0.05, 0.1) is 0 Å². The molecule has 1 amide bonds. The van der Waals surface area contributed by atoms with Crippen LogP contribution < -0.4 is 11.1 Å². The molecule has 0 aromatic heterocycles. The van der Waals surface area contributed by atoms with Crippen LogP contribution in [-0.4, -0.2) is 12.5 Å². The molecule has 0 saturated heterocycles. The molecule has 1 aromatic carbocycles. The SMILES string of the molecule is NC(=O)CCCNCc1ccc2c(c1)CCC2. The summed E-state index contributed by atoms with van der Waals surface area (Å²) in [5.41, 5.74) is 9.45. The number of hydrogen-bond donors (Lipinski definition) is 2. The summed E-state index contributed by atoms with van der Waals surface area (Å²) in [6, 6.07) is 6.76. The van der Waals surface area contributed by atoms with E-state index in [9.17, 15) is 4.79 Å². The van der Waals surface area contributed by atoms with Gasteiger partial charge in [-0.15, -0.1) is 0 Å². The molecule has 17 heavy (non-hydrogen) atoms. The fraction of sp³-hybridized carbons (Fsp3) is 0.500. The Balaban J connectivity index is 1.74. The van der Waals surface area contributed by atoms with Gasteiger partial charge in [0, 0.05) is 13.0 Å². The molecule has 3 nitrogen and oxygen atoms in total. The van der Waals surface area contributed by atoms with Crippen LogP contribution in [-0.2, 0) is 24.2 Å². The first-order valence-electron chi connectivity index (χ1n) is 6.35. The quantitative estimate of drug-likeness (QED) is 0.731. The third-order valence-electron chi connectivity index (χ3n) is 3.27. The van der Waals surface area contributed by atoms with Gasteiger partial charge in [0.2, 0.25) is 5.91 Å². The second-order valence-corrected chi connectivity index (χ2v) is 4.70. The number of carbonyl (C=O) groups excluding carboxylic acids is 1. The lowest BCUT2D eigenvalue weighted by atomic mass is 10.1. The maximum atomic E-state index is 10.6. The predicted octanol–water partition coefficient (Wildman–Crippen LogP) is 1.53. The van der Waals surface area contributed by atoms with Crippen LogP contribution in [0, 0.1) is 0 Å². The molecule has 3 N–H and O–H groups in total. The summed E-state index contributed by atoms with van der Waals surface area (Å²) >= 11 is 0. The fourth-order valence-corrected chi connectivity index (χ4v) is 2.36. The van der Waals surface area contributed by atoms with E-state index in [1.807, 2.05) is 0 Å². The van der Waals surface area contributed by atoms with Gasteiger partial charge in [-0.1, -0.05) is 18.2 Å². The van der Waals surface area contributed by atoms with Crippen LogP contribution >= 0.6 is 0 Å². The van der Waals surface area contributed by atoms with E-state index in [4.69, 9.17) is 5.73 Å². The average Bonchev–Trinajstić information content (AvgIpc) is 2.75. The van der Waals surface area contributed by atoms with Gasteiger partial charge in [-0.3, -0.25) is 4.79 Å². The molecule has 0 radical (unpaired) electrons. The number of benzene rings is 1. The smallest absolute Gasteiger partial charge is 0.217 e. The number of rotatable bonds is 6. The Bertz CT molecular complexity index is 401. The Labute approximate surface area is 102 Å². The minimum absolute atomic E-state index is 0.218.